The van der Waals surface area contributed by atoms with Crippen LogP contribution >= 0.6 is 11.6 Å². The first-order chi connectivity index (χ1) is 15.9. The molecule has 184 valence electrons. The zero-order valence-electron chi connectivity index (χ0n) is 20.6. The topological polar surface area (TPSA) is 90.0 Å². The Kier molecular flexibility index (Phi) is 9.21. The Labute approximate surface area is 205 Å². The van der Waals surface area contributed by atoms with Crippen LogP contribution in [0.5, 0.6) is 0 Å². The SMILES string of the molecule is CC[C@H](C)C=C(C)C=CC1=CC2=C(Cl)C(=O)[C@@](C)(OC(C)=O)C(=O)C2=CN1CCCC(=O)OC. The molecular formula is C26H32ClNO6. The third-order valence-electron chi connectivity index (χ3n) is 5.81. The fraction of sp³-hybridized carbons (Fsp3) is 0.462. The van der Waals surface area contributed by atoms with Crippen molar-refractivity contribution >= 4 is 35.1 Å². The zero-order chi connectivity index (χ0) is 25.6. The number of carbonyl (C=O) groups is 4. The van der Waals surface area contributed by atoms with Crippen LogP contribution in [0.3, 0.4) is 0 Å². The first-order valence-corrected chi connectivity index (χ1v) is 11.6. The Hall–Kier alpha value is -2.93. The molecule has 0 spiro atoms. The Morgan fingerprint density at radius 3 is 2.50 bits per heavy atom. The molecular weight excluding hydrogens is 458 g/mol. The molecule has 34 heavy (non-hydrogen) atoms. The van der Waals surface area contributed by atoms with Gasteiger partial charge in [-0.1, -0.05) is 49.6 Å². The molecule has 0 bridgehead atoms. The average Bonchev–Trinajstić information content (AvgIpc) is 2.79. The van der Waals surface area contributed by atoms with Crippen LogP contribution in [0, 0.1) is 5.92 Å². The van der Waals surface area contributed by atoms with Gasteiger partial charge in [0.2, 0.25) is 17.2 Å². The zero-order valence-corrected chi connectivity index (χ0v) is 21.3. The Morgan fingerprint density at radius 2 is 1.91 bits per heavy atom. The molecule has 2 atom stereocenters. The molecule has 7 nitrogen and oxygen atoms in total. The molecule has 0 saturated heterocycles. The van der Waals surface area contributed by atoms with E-state index in [1.165, 1.54) is 14.0 Å². The molecule has 2 rings (SSSR count). The van der Waals surface area contributed by atoms with Gasteiger partial charge < -0.3 is 14.4 Å². The standard InChI is InChI=1S/C26H32ClNO6/c1-7-16(2)13-17(3)10-11-19-14-20-21(15-28(19)12-8-9-22(30)33-6)24(31)26(5,34-18(4)29)25(32)23(20)27/h10-11,13-16H,7-9,12H2,1-6H3/t16-,26-/m0/s1. The van der Waals surface area contributed by atoms with Crippen molar-refractivity contribution < 1.29 is 28.7 Å². The van der Waals surface area contributed by atoms with Crippen molar-refractivity contribution in [3.05, 3.63) is 58.0 Å². The highest BCUT2D eigenvalue weighted by Gasteiger charge is 2.52. The number of allylic oxidation sites excluding steroid dienone is 6. The summed E-state index contributed by atoms with van der Waals surface area (Å²) in [7, 11) is 1.33. The number of ketones is 2. The summed E-state index contributed by atoms with van der Waals surface area (Å²) in [4.78, 5) is 51.1. The monoisotopic (exact) mass is 489 g/mol. The third-order valence-corrected chi connectivity index (χ3v) is 6.19. The van der Waals surface area contributed by atoms with Crippen molar-refractivity contribution in [2.45, 2.75) is 59.5 Å². The number of nitrogens with zero attached hydrogens (tertiary/aromatic N) is 1. The molecule has 0 aromatic heterocycles. The van der Waals surface area contributed by atoms with E-state index in [2.05, 4.69) is 19.9 Å². The number of halogens is 1. The highest BCUT2D eigenvalue weighted by Crippen LogP contribution is 2.39. The van der Waals surface area contributed by atoms with Crippen molar-refractivity contribution in [3.63, 3.8) is 0 Å². The van der Waals surface area contributed by atoms with Gasteiger partial charge in [0.15, 0.2) is 0 Å². The summed E-state index contributed by atoms with van der Waals surface area (Å²) in [6.07, 6.45) is 11.0. The van der Waals surface area contributed by atoms with Crippen LogP contribution in [0.25, 0.3) is 0 Å². The molecule has 0 aromatic carbocycles. The average molecular weight is 490 g/mol. The highest BCUT2D eigenvalue weighted by molar-refractivity contribution is 6.49. The number of esters is 2. The molecule has 8 heteroatoms. The number of ether oxygens (including phenoxy) is 2. The van der Waals surface area contributed by atoms with Gasteiger partial charge in [-0.2, -0.15) is 0 Å². The predicted octanol–water partition coefficient (Wildman–Crippen LogP) is 4.54. The summed E-state index contributed by atoms with van der Waals surface area (Å²) in [5.41, 5.74) is 0.213. The Balaban J connectivity index is 2.50. The number of rotatable bonds is 9. The summed E-state index contributed by atoms with van der Waals surface area (Å²) in [6, 6.07) is 0. The van der Waals surface area contributed by atoms with Gasteiger partial charge in [-0.15, -0.1) is 0 Å². The van der Waals surface area contributed by atoms with Crippen molar-refractivity contribution in [2.24, 2.45) is 5.92 Å². The molecule has 2 aliphatic rings. The summed E-state index contributed by atoms with van der Waals surface area (Å²) < 4.78 is 9.83. The fourth-order valence-electron chi connectivity index (χ4n) is 3.72. The van der Waals surface area contributed by atoms with Gasteiger partial charge in [-0.25, -0.2) is 0 Å². The normalized spacial score (nSPS) is 21.9. The number of Topliss-reactive ketones (excluding diaryl/α,β-unsaturated/α-hetero) is 2. The van der Waals surface area contributed by atoms with Crippen LogP contribution in [0.2, 0.25) is 0 Å². The van der Waals surface area contributed by atoms with Gasteiger partial charge >= 0.3 is 11.9 Å². The van der Waals surface area contributed by atoms with Crippen molar-refractivity contribution in [3.8, 4) is 0 Å². The maximum absolute atomic E-state index is 13.3. The quantitative estimate of drug-likeness (QED) is 0.267. The number of hydrogen-bond acceptors (Lipinski definition) is 7. The van der Waals surface area contributed by atoms with Crippen LogP contribution in [0.15, 0.2) is 58.0 Å². The van der Waals surface area contributed by atoms with E-state index in [4.69, 9.17) is 21.1 Å². The Morgan fingerprint density at radius 1 is 1.24 bits per heavy atom. The fourth-order valence-corrected chi connectivity index (χ4v) is 4.05. The van der Waals surface area contributed by atoms with Crippen molar-refractivity contribution in [2.75, 3.05) is 13.7 Å². The summed E-state index contributed by atoms with van der Waals surface area (Å²) >= 11 is 6.39. The van der Waals surface area contributed by atoms with Gasteiger partial charge in [0.05, 0.1) is 12.1 Å². The molecule has 0 unspecified atom stereocenters. The first kappa shape index (κ1) is 27.3. The van der Waals surface area contributed by atoms with Gasteiger partial charge in [0, 0.05) is 42.9 Å². The molecule has 1 aliphatic heterocycles. The van der Waals surface area contributed by atoms with Crippen LogP contribution in [-0.4, -0.2) is 47.7 Å². The number of carbonyl (C=O) groups excluding carboxylic acids is 4. The largest absolute Gasteiger partial charge is 0.469 e. The van der Waals surface area contributed by atoms with E-state index in [1.54, 1.807) is 12.3 Å². The van der Waals surface area contributed by atoms with Crippen molar-refractivity contribution in [1.82, 2.24) is 4.90 Å². The minimum atomic E-state index is -2.02. The van der Waals surface area contributed by atoms with Crippen LogP contribution in [-0.2, 0) is 28.7 Å². The van der Waals surface area contributed by atoms with E-state index < -0.39 is 23.1 Å². The van der Waals surface area contributed by atoms with E-state index in [9.17, 15) is 19.2 Å². The van der Waals surface area contributed by atoms with Crippen LogP contribution in [0.4, 0.5) is 0 Å². The molecule has 0 saturated carbocycles. The molecule has 0 amide bonds. The Bertz CT molecular complexity index is 1030. The van der Waals surface area contributed by atoms with E-state index in [1.807, 2.05) is 24.0 Å². The smallest absolute Gasteiger partial charge is 0.305 e. The van der Waals surface area contributed by atoms with E-state index in [0.717, 1.165) is 18.9 Å². The summed E-state index contributed by atoms with van der Waals surface area (Å²) in [6.45, 7) is 9.05. The van der Waals surface area contributed by atoms with E-state index >= 15 is 0 Å². The van der Waals surface area contributed by atoms with Crippen LogP contribution < -0.4 is 0 Å². The van der Waals surface area contributed by atoms with Gasteiger partial charge in [-0.3, -0.25) is 19.2 Å². The lowest BCUT2D eigenvalue weighted by molar-refractivity contribution is -0.167. The lowest BCUT2D eigenvalue weighted by Crippen LogP contribution is -2.52. The van der Waals surface area contributed by atoms with Gasteiger partial charge in [0.1, 0.15) is 0 Å². The lowest BCUT2D eigenvalue weighted by atomic mass is 9.79. The minimum Gasteiger partial charge on any atom is -0.469 e. The molecule has 0 radical (unpaired) electrons. The lowest BCUT2D eigenvalue weighted by Gasteiger charge is -2.35. The second-order valence-corrected chi connectivity index (χ2v) is 9.01. The van der Waals surface area contributed by atoms with Crippen LogP contribution in [0.1, 0.15) is 53.9 Å². The molecule has 1 aliphatic carbocycles. The first-order valence-electron chi connectivity index (χ1n) is 11.3. The van der Waals surface area contributed by atoms with Gasteiger partial charge in [0.25, 0.3) is 0 Å². The molecule has 0 aromatic rings. The van der Waals surface area contributed by atoms with E-state index in [0.29, 0.717) is 24.6 Å². The maximum atomic E-state index is 13.3. The number of hydrogen-bond donors (Lipinski definition) is 0. The second-order valence-electron chi connectivity index (χ2n) is 8.63. The number of methoxy groups -OCH3 is 1. The third kappa shape index (κ3) is 6.14. The molecule has 0 N–H and O–H groups in total. The molecule has 0 fully saturated rings. The molecule has 1 heterocycles. The predicted molar refractivity (Wildman–Crippen MR) is 130 cm³/mol. The number of fused-ring (bicyclic) bond motifs is 1. The van der Waals surface area contributed by atoms with Crippen molar-refractivity contribution in [1.29, 1.82) is 0 Å². The minimum absolute atomic E-state index is 0.165. The highest BCUT2D eigenvalue weighted by atomic mass is 35.5. The van der Waals surface area contributed by atoms with Gasteiger partial charge in [-0.05, 0) is 38.3 Å². The maximum Gasteiger partial charge on any atom is 0.305 e. The van der Waals surface area contributed by atoms with E-state index in [-0.39, 0.29) is 28.6 Å². The summed E-state index contributed by atoms with van der Waals surface area (Å²) in [5.74, 6) is -2.06. The summed E-state index contributed by atoms with van der Waals surface area (Å²) in [5, 5.41) is -0.165. The second kappa shape index (κ2) is 11.5.